The summed E-state index contributed by atoms with van der Waals surface area (Å²) < 4.78 is 12.6. The van der Waals surface area contributed by atoms with E-state index in [0.717, 1.165) is 16.8 Å². The predicted octanol–water partition coefficient (Wildman–Crippen LogP) is 3.68. The van der Waals surface area contributed by atoms with Crippen LogP contribution in [0, 0.1) is 6.92 Å². The van der Waals surface area contributed by atoms with Gasteiger partial charge in [0.25, 0.3) is 0 Å². The Balaban J connectivity index is 2.20. The molecular formula is C19H21N3O3. The van der Waals surface area contributed by atoms with Crippen LogP contribution in [-0.2, 0) is 4.79 Å². The predicted molar refractivity (Wildman–Crippen MR) is 97.4 cm³/mol. The highest BCUT2D eigenvalue weighted by atomic mass is 16.5. The van der Waals surface area contributed by atoms with Crippen LogP contribution in [0.1, 0.15) is 18.9 Å². The van der Waals surface area contributed by atoms with Crippen molar-refractivity contribution in [3.63, 3.8) is 0 Å². The fourth-order valence-electron chi connectivity index (χ4n) is 2.67. The molecule has 0 fully saturated rings. The van der Waals surface area contributed by atoms with Crippen LogP contribution in [0.25, 0.3) is 16.9 Å². The lowest BCUT2D eigenvalue weighted by molar-refractivity contribution is -0.115. The molecule has 130 valence electrons. The van der Waals surface area contributed by atoms with Gasteiger partial charge in [-0.15, -0.1) is 0 Å². The van der Waals surface area contributed by atoms with Gasteiger partial charge in [-0.25, -0.2) is 4.98 Å². The van der Waals surface area contributed by atoms with Crippen molar-refractivity contribution in [2.45, 2.75) is 20.3 Å². The normalized spacial score (nSPS) is 10.7. The van der Waals surface area contributed by atoms with Gasteiger partial charge in [0.05, 0.1) is 14.2 Å². The van der Waals surface area contributed by atoms with Crippen molar-refractivity contribution in [2.24, 2.45) is 0 Å². The van der Waals surface area contributed by atoms with Crippen LogP contribution in [0.2, 0.25) is 0 Å². The van der Waals surface area contributed by atoms with Gasteiger partial charge >= 0.3 is 0 Å². The average Bonchev–Trinajstić information content (AvgIpc) is 2.98. The van der Waals surface area contributed by atoms with E-state index in [0.29, 0.717) is 29.4 Å². The first kappa shape index (κ1) is 16.8. The standard InChI is InChI=1S/C19H21N3O3/c1-5-17(23)21-19-18(20-16-10-12(2)8-9-22(16)19)13-6-7-14(24-3)15(11-13)25-4/h6-11H,5H2,1-4H3,(H,21,23). The maximum Gasteiger partial charge on any atom is 0.225 e. The van der Waals surface area contributed by atoms with E-state index >= 15 is 0 Å². The minimum absolute atomic E-state index is 0.0656. The molecule has 1 N–H and O–H groups in total. The molecule has 0 radical (unpaired) electrons. The van der Waals surface area contributed by atoms with E-state index in [2.05, 4.69) is 5.32 Å². The van der Waals surface area contributed by atoms with E-state index in [9.17, 15) is 4.79 Å². The van der Waals surface area contributed by atoms with Crippen LogP contribution in [0.4, 0.5) is 5.82 Å². The number of pyridine rings is 1. The lowest BCUT2D eigenvalue weighted by atomic mass is 10.1. The summed E-state index contributed by atoms with van der Waals surface area (Å²) in [7, 11) is 3.19. The summed E-state index contributed by atoms with van der Waals surface area (Å²) in [4.78, 5) is 16.7. The fraction of sp³-hybridized carbons (Fsp3) is 0.263. The summed E-state index contributed by atoms with van der Waals surface area (Å²) in [5.41, 5.74) is 3.40. The number of imidazole rings is 1. The van der Waals surface area contributed by atoms with Gasteiger partial charge in [-0.3, -0.25) is 9.20 Å². The number of carbonyl (C=O) groups is 1. The average molecular weight is 339 g/mol. The Hall–Kier alpha value is -3.02. The van der Waals surface area contributed by atoms with Gasteiger partial charge in [-0.1, -0.05) is 6.92 Å². The smallest absolute Gasteiger partial charge is 0.225 e. The number of amides is 1. The van der Waals surface area contributed by atoms with Gasteiger partial charge in [0, 0.05) is 18.2 Å². The summed E-state index contributed by atoms with van der Waals surface area (Å²) in [5, 5.41) is 2.96. The Kier molecular flexibility index (Phi) is 4.61. The van der Waals surface area contributed by atoms with Crippen LogP contribution in [0.3, 0.4) is 0 Å². The van der Waals surface area contributed by atoms with Gasteiger partial charge in [0.1, 0.15) is 17.2 Å². The first-order chi connectivity index (χ1) is 12.1. The van der Waals surface area contributed by atoms with Gasteiger partial charge in [0.15, 0.2) is 11.5 Å². The zero-order chi connectivity index (χ0) is 18.0. The van der Waals surface area contributed by atoms with E-state index in [1.807, 2.05) is 54.8 Å². The highest BCUT2D eigenvalue weighted by Crippen LogP contribution is 2.35. The molecule has 0 saturated heterocycles. The molecular weight excluding hydrogens is 318 g/mol. The van der Waals surface area contributed by atoms with Crippen molar-refractivity contribution in [1.29, 1.82) is 0 Å². The zero-order valence-corrected chi connectivity index (χ0v) is 14.8. The molecule has 0 atom stereocenters. The number of fused-ring (bicyclic) bond motifs is 1. The summed E-state index contributed by atoms with van der Waals surface area (Å²) >= 11 is 0. The number of aryl methyl sites for hydroxylation is 1. The molecule has 0 bridgehead atoms. The first-order valence-electron chi connectivity index (χ1n) is 8.08. The second kappa shape index (κ2) is 6.84. The van der Waals surface area contributed by atoms with Crippen LogP contribution >= 0.6 is 0 Å². The zero-order valence-electron chi connectivity index (χ0n) is 14.8. The topological polar surface area (TPSA) is 64.9 Å². The lowest BCUT2D eigenvalue weighted by Crippen LogP contribution is -2.12. The number of aromatic nitrogens is 2. The Bertz CT molecular complexity index is 931. The van der Waals surface area contributed by atoms with Crippen molar-refractivity contribution in [2.75, 3.05) is 19.5 Å². The van der Waals surface area contributed by atoms with Crippen molar-refractivity contribution in [3.05, 3.63) is 42.1 Å². The van der Waals surface area contributed by atoms with Crippen molar-refractivity contribution < 1.29 is 14.3 Å². The third-order valence-electron chi connectivity index (χ3n) is 4.02. The minimum Gasteiger partial charge on any atom is -0.493 e. The number of rotatable bonds is 5. The monoisotopic (exact) mass is 339 g/mol. The number of nitrogens with zero attached hydrogens (tertiary/aromatic N) is 2. The summed E-state index contributed by atoms with van der Waals surface area (Å²) in [5.74, 6) is 1.84. The van der Waals surface area contributed by atoms with Gasteiger partial charge in [-0.2, -0.15) is 0 Å². The van der Waals surface area contributed by atoms with Crippen molar-refractivity contribution >= 4 is 17.4 Å². The highest BCUT2D eigenvalue weighted by Gasteiger charge is 2.17. The highest BCUT2D eigenvalue weighted by molar-refractivity contribution is 5.94. The number of methoxy groups -OCH3 is 2. The molecule has 2 heterocycles. The third kappa shape index (κ3) is 3.15. The minimum atomic E-state index is -0.0656. The molecule has 2 aromatic heterocycles. The maximum atomic E-state index is 12.0. The quantitative estimate of drug-likeness (QED) is 0.770. The van der Waals surface area contributed by atoms with Crippen LogP contribution in [0.15, 0.2) is 36.5 Å². The number of hydrogen-bond acceptors (Lipinski definition) is 4. The van der Waals surface area contributed by atoms with Crippen LogP contribution < -0.4 is 14.8 Å². The second-order valence-corrected chi connectivity index (χ2v) is 5.71. The number of carbonyl (C=O) groups excluding carboxylic acids is 1. The molecule has 3 aromatic rings. The third-order valence-corrected chi connectivity index (χ3v) is 4.02. The Labute approximate surface area is 146 Å². The molecule has 1 aromatic carbocycles. The largest absolute Gasteiger partial charge is 0.493 e. The molecule has 25 heavy (non-hydrogen) atoms. The number of hydrogen-bond donors (Lipinski definition) is 1. The van der Waals surface area contributed by atoms with E-state index < -0.39 is 0 Å². The number of benzene rings is 1. The fourth-order valence-corrected chi connectivity index (χ4v) is 2.67. The Morgan fingerprint density at radius 1 is 1.16 bits per heavy atom. The molecule has 0 saturated carbocycles. The molecule has 3 rings (SSSR count). The van der Waals surface area contributed by atoms with E-state index in [-0.39, 0.29) is 5.91 Å². The van der Waals surface area contributed by atoms with Gasteiger partial charge < -0.3 is 14.8 Å². The molecule has 6 nitrogen and oxygen atoms in total. The Morgan fingerprint density at radius 3 is 2.60 bits per heavy atom. The molecule has 6 heteroatoms. The molecule has 0 aliphatic rings. The van der Waals surface area contributed by atoms with E-state index in [4.69, 9.17) is 14.5 Å². The SMILES string of the molecule is CCC(=O)Nc1c(-c2ccc(OC)c(OC)c2)nc2cc(C)ccn12. The number of nitrogens with one attached hydrogen (secondary N) is 1. The lowest BCUT2D eigenvalue weighted by Gasteiger charge is -2.10. The van der Waals surface area contributed by atoms with E-state index in [1.54, 1.807) is 14.2 Å². The Morgan fingerprint density at radius 2 is 1.92 bits per heavy atom. The molecule has 0 unspecified atom stereocenters. The van der Waals surface area contributed by atoms with Crippen LogP contribution in [-0.4, -0.2) is 29.5 Å². The molecule has 0 spiro atoms. The maximum absolute atomic E-state index is 12.0. The molecule has 1 amide bonds. The summed E-state index contributed by atoms with van der Waals surface area (Å²) in [6.45, 7) is 3.83. The number of ether oxygens (including phenoxy) is 2. The molecule has 0 aliphatic heterocycles. The summed E-state index contributed by atoms with van der Waals surface area (Å²) in [6, 6.07) is 9.54. The number of anilines is 1. The first-order valence-corrected chi connectivity index (χ1v) is 8.08. The van der Waals surface area contributed by atoms with Crippen LogP contribution in [0.5, 0.6) is 11.5 Å². The van der Waals surface area contributed by atoms with Crippen molar-refractivity contribution in [3.8, 4) is 22.8 Å². The van der Waals surface area contributed by atoms with Gasteiger partial charge in [0.2, 0.25) is 5.91 Å². The second-order valence-electron chi connectivity index (χ2n) is 5.71. The van der Waals surface area contributed by atoms with Crippen molar-refractivity contribution in [1.82, 2.24) is 9.38 Å². The molecule has 0 aliphatic carbocycles. The summed E-state index contributed by atoms with van der Waals surface area (Å²) in [6.07, 6.45) is 2.30. The van der Waals surface area contributed by atoms with E-state index in [1.165, 1.54) is 0 Å². The van der Waals surface area contributed by atoms with Gasteiger partial charge in [-0.05, 0) is 42.8 Å².